The first-order valence-electron chi connectivity index (χ1n) is 5.83. The lowest BCUT2D eigenvalue weighted by Gasteiger charge is -2.16. The van der Waals surface area contributed by atoms with Gasteiger partial charge in [0.15, 0.2) is 5.62 Å². The summed E-state index contributed by atoms with van der Waals surface area (Å²) in [6.07, 6.45) is 0.808. The van der Waals surface area contributed by atoms with E-state index in [2.05, 4.69) is 0 Å². The summed E-state index contributed by atoms with van der Waals surface area (Å²) in [5.74, 6) is -1.13. The third kappa shape index (κ3) is 3.14. The highest BCUT2D eigenvalue weighted by molar-refractivity contribution is 8.12. The van der Waals surface area contributed by atoms with Gasteiger partial charge in [-0.05, 0) is 30.7 Å². The van der Waals surface area contributed by atoms with Gasteiger partial charge in [0.05, 0.1) is 5.56 Å². The maximum Gasteiger partial charge on any atom is 0.335 e. The normalized spacial score (nSPS) is 18.3. The predicted molar refractivity (Wildman–Crippen MR) is 72.1 cm³/mol. The Hall–Kier alpha value is -1.82. The smallest absolute Gasteiger partial charge is 0.335 e. The second-order valence-electron chi connectivity index (χ2n) is 4.28. The molecule has 0 aliphatic carbocycles. The monoisotopic (exact) mass is 279 g/mol. The molecule has 1 atom stereocenters. The molecule has 0 aromatic heterocycles. The summed E-state index contributed by atoms with van der Waals surface area (Å²) in [4.78, 5) is 35.0. The lowest BCUT2D eigenvalue weighted by atomic mass is 10.1. The Labute approximate surface area is 114 Å². The summed E-state index contributed by atoms with van der Waals surface area (Å²) in [6.45, 7) is 1.19. The Balaban J connectivity index is 2.04. The minimum atomic E-state index is -1.01. The highest BCUT2D eigenvalue weighted by Crippen LogP contribution is 2.22. The largest absolute Gasteiger partial charge is 0.478 e. The van der Waals surface area contributed by atoms with Crippen molar-refractivity contribution in [3.8, 4) is 0 Å². The maximum atomic E-state index is 12.2. The number of benzene rings is 1. The number of rotatable bonds is 4. The van der Waals surface area contributed by atoms with Gasteiger partial charge >= 0.3 is 5.97 Å². The molecule has 5 nitrogen and oxygen atoms in total. The molecule has 1 unspecified atom stereocenters. The number of hydrogen-bond donors (Lipinski definition) is 1. The van der Waals surface area contributed by atoms with Gasteiger partial charge < -0.3 is 10.0 Å². The third-order valence-electron chi connectivity index (χ3n) is 3.06. The first kappa shape index (κ1) is 13.6. The number of carboxylic acid groups (broad SMARTS) is 1. The fourth-order valence-electron chi connectivity index (χ4n) is 2.04. The first-order chi connectivity index (χ1) is 9.11. The number of hydrogen-bond acceptors (Lipinski definition) is 4. The SMILES string of the molecule is O=CSC1CCN(C(=O)c2ccc(C(=O)O)cc2)C1. The van der Waals surface area contributed by atoms with Crippen LogP contribution in [0.4, 0.5) is 0 Å². The number of aromatic carboxylic acids is 1. The van der Waals surface area contributed by atoms with Crippen molar-refractivity contribution >= 4 is 29.3 Å². The van der Waals surface area contributed by atoms with E-state index in [0.717, 1.165) is 12.0 Å². The van der Waals surface area contributed by atoms with E-state index in [9.17, 15) is 14.4 Å². The average molecular weight is 279 g/mol. The zero-order valence-electron chi connectivity index (χ0n) is 10.1. The lowest BCUT2D eigenvalue weighted by molar-refractivity contribution is 0.0695. The van der Waals surface area contributed by atoms with Crippen LogP contribution < -0.4 is 0 Å². The van der Waals surface area contributed by atoms with E-state index < -0.39 is 5.97 Å². The molecular formula is C13H13NO4S. The fourth-order valence-corrected chi connectivity index (χ4v) is 2.70. The molecular weight excluding hydrogens is 266 g/mol. The molecule has 1 fully saturated rings. The molecule has 2 rings (SSSR count). The topological polar surface area (TPSA) is 74.7 Å². The number of carboxylic acids is 1. The van der Waals surface area contributed by atoms with Crippen LogP contribution in [0.1, 0.15) is 27.1 Å². The van der Waals surface area contributed by atoms with Crippen molar-refractivity contribution in [3.63, 3.8) is 0 Å². The second-order valence-corrected chi connectivity index (χ2v) is 5.41. The number of likely N-dealkylation sites (tertiary alicyclic amines) is 1. The van der Waals surface area contributed by atoms with E-state index >= 15 is 0 Å². The molecule has 1 aliphatic heterocycles. The molecule has 1 N–H and O–H groups in total. The Morgan fingerprint density at radius 3 is 2.47 bits per heavy atom. The van der Waals surface area contributed by atoms with E-state index in [0.29, 0.717) is 18.7 Å². The Kier molecular flexibility index (Phi) is 4.21. The van der Waals surface area contributed by atoms with Crippen LogP contribution in [0.25, 0.3) is 0 Å². The van der Waals surface area contributed by atoms with Gasteiger partial charge in [0.25, 0.3) is 5.91 Å². The van der Waals surface area contributed by atoms with Crippen LogP contribution in [-0.4, -0.2) is 45.8 Å². The zero-order chi connectivity index (χ0) is 13.8. The molecule has 0 spiro atoms. The lowest BCUT2D eigenvalue weighted by Crippen LogP contribution is -2.29. The van der Waals surface area contributed by atoms with Crippen molar-refractivity contribution in [1.29, 1.82) is 0 Å². The molecule has 19 heavy (non-hydrogen) atoms. The maximum absolute atomic E-state index is 12.2. The summed E-state index contributed by atoms with van der Waals surface area (Å²) in [7, 11) is 0. The standard InChI is InChI=1S/C13H13NO4S/c15-8-19-11-5-6-14(7-11)12(16)9-1-3-10(4-2-9)13(17)18/h1-4,8,11H,5-7H2,(H,17,18). The van der Waals surface area contributed by atoms with Crippen LogP contribution >= 0.6 is 11.8 Å². The van der Waals surface area contributed by atoms with E-state index in [-0.39, 0.29) is 16.7 Å². The summed E-state index contributed by atoms with van der Waals surface area (Å²) in [5.41, 5.74) is 1.44. The second kappa shape index (κ2) is 5.88. The van der Waals surface area contributed by atoms with Gasteiger partial charge in [-0.1, -0.05) is 11.8 Å². The van der Waals surface area contributed by atoms with Gasteiger partial charge in [-0.25, -0.2) is 4.79 Å². The third-order valence-corrected chi connectivity index (χ3v) is 3.94. The van der Waals surface area contributed by atoms with Gasteiger partial charge in [0, 0.05) is 23.9 Å². The minimum Gasteiger partial charge on any atom is -0.478 e. The van der Waals surface area contributed by atoms with E-state index in [1.807, 2.05) is 0 Å². The number of nitrogens with zero attached hydrogens (tertiary/aromatic N) is 1. The quantitative estimate of drug-likeness (QED) is 0.846. The Morgan fingerprint density at radius 1 is 1.26 bits per heavy atom. The number of thioether (sulfide) groups is 1. The Bertz CT molecular complexity index is 500. The van der Waals surface area contributed by atoms with Crippen molar-refractivity contribution < 1.29 is 19.5 Å². The van der Waals surface area contributed by atoms with Crippen LogP contribution in [0.15, 0.2) is 24.3 Å². The molecule has 100 valence electrons. The molecule has 1 aromatic carbocycles. The van der Waals surface area contributed by atoms with E-state index in [4.69, 9.17) is 5.11 Å². The van der Waals surface area contributed by atoms with Crippen molar-refractivity contribution in [3.05, 3.63) is 35.4 Å². The van der Waals surface area contributed by atoms with Crippen molar-refractivity contribution in [2.45, 2.75) is 11.7 Å². The van der Waals surface area contributed by atoms with Crippen molar-refractivity contribution in [2.24, 2.45) is 0 Å². The van der Waals surface area contributed by atoms with Crippen molar-refractivity contribution in [2.75, 3.05) is 13.1 Å². The first-order valence-corrected chi connectivity index (χ1v) is 6.78. The zero-order valence-corrected chi connectivity index (χ0v) is 10.9. The van der Waals surface area contributed by atoms with Crippen LogP contribution in [0.2, 0.25) is 0 Å². The molecule has 0 radical (unpaired) electrons. The van der Waals surface area contributed by atoms with E-state index in [1.165, 1.54) is 36.0 Å². The summed E-state index contributed by atoms with van der Waals surface area (Å²) >= 11 is 1.21. The average Bonchev–Trinajstić information content (AvgIpc) is 2.87. The molecule has 1 amide bonds. The minimum absolute atomic E-state index is 0.120. The summed E-state index contributed by atoms with van der Waals surface area (Å²) in [6, 6.07) is 5.88. The van der Waals surface area contributed by atoms with Gasteiger partial charge in [0.2, 0.25) is 0 Å². The Morgan fingerprint density at radius 2 is 1.89 bits per heavy atom. The van der Waals surface area contributed by atoms with Crippen molar-refractivity contribution in [1.82, 2.24) is 4.90 Å². The van der Waals surface area contributed by atoms with Crippen LogP contribution in [0.3, 0.4) is 0 Å². The molecule has 0 bridgehead atoms. The van der Waals surface area contributed by atoms with E-state index in [1.54, 1.807) is 4.90 Å². The summed E-state index contributed by atoms with van der Waals surface area (Å²) < 4.78 is 0. The molecule has 1 aliphatic rings. The summed E-state index contributed by atoms with van der Waals surface area (Å²) in [5, 5.41) is 8.95. The van der Waals surface area contributed by atoms with Gasteiger partial charge in [-0.15, -0.1) is 0 Å². The van der Waals surface area contributed by atoms with Crippen LogP contribution in [-0.2, 0) is 4.79 Å². The van der Waals surface area contributed by atoms with Gasteiger partial charge in [-0.2, -0.15) is 0 Å². The molecule has 0 saturated carbocycles. The molecule has 1 saturated heterocycles. The number of amides is 1. The molecule has 1 aromatic rings. The predicted octanol–water partition coefficient (Wildman–Crippen LogP) is 1.52. The van der Waals surface area contributed by atoms with Gasteiger partial charge in [0.1, 0.15) is 0 Å². The molecule has 1 heterocycles. The molecule has 6 heteroatoms. The highest BCUT2D eigenvalue weighted by atomic mass is 32.2. The fraction of sp³-hybridized carbons (Fsp3) is 0.308. The van der Waals surface area contributed by atoms with Gasteiger partial charge in [-0.3, -0.25) is 9.59 Å². The number of carbonyl (C=O) groups is 3. The number of carbonyl (C=O) groups excluding carboxylic acids is 2. The highest BCUT2D eigenvalue weighted by Gasteiger charge is 2.27. The van der Waals surface area contributed by atoms with Crippen LogP contribution in [0, 0.1) is 0 Å². The van der Waals surface area contributed by atoms with Crippen LogP contribution in [0.5, 0.6) is 0 Å².